The number of alkyl halides is 2. The summed E-state index contributed by atoms with van der Waals surface area (Å²) in [6.07, 6.45) is 1.42. The second-order valence-corrected chi connectivity index (χ2v) is 3.57. The average molecular weight is 216 g/mol. The molecule has 0 amide bonds. The smallest absolute Gasteiger partial charge is 0.314 e. The van der Waals surface area contributed by atoms with Crippen molar-refractivity contribution in [1.82, 2.24) is 20.0 Å². The third kappa shape index (κ3) is 2.51. The summed E-state index contributed by atoms with van der Waals surface area (Å²) < 4.78 is 25.7. The molecule has 0 unspecified atom stereocenters. The molecule has 0 aliphatic carbocycles. The lowest BCUT2D eigenvalue weighted by Gasteiger charge is -2.27. The second kappa shape index (κ2) is 4.67. The minimum Gasteiger partial charge on any atom is -0.314 e. The molecule has 15 heavy (non-hydrogen) atoms. The van der Waals surface area contributed by atoms with Gasteiger partial charge in [-0.05, 0) is 6.07 Å². The van der Waals surface area contributed by atoms with Gasteiger partial charge in [0.2, 0.25) is 0 Å². The van der Waals surface area contributed by atoms with Crippen molar-refractivity contribution in [3.8, 4) is 0 Å². The van der Waals surface area contributed by atoms with Crippen LogP contribution in [0.3, 0.4) is 0 Å². The monoisotopic (exact) mass is 216 g/mol. The fourth-order valence-corrected chi connectivity index (χ4v) is 1.74. The van der Waals surface area contributed by atoms with Crippen LogP contribution in [0.25, 0.3) is 0 Å². The summed E-state index contributed by atoms with van der Waals surface area (Å²) in [5, 5.41) is 6.83. The van der Waals surface area contributed by atoms with Crippen molar-refractivity contribution in [3.05, 3.63) is 18.0 Å². The fourth-order valence-electron chi connectivity index (χ4n) is 1.74. The Morgan fingerprint density at radius 3 is 2.80 bits per heavy atom. The molecular weight excluding hydrogens is 202 g/mol. The van der Waals surface area contributed by atoms with Gasteiger partial charge in [-0.2, -0.15) is 13.9 Å². The van der Waals surface area contributed by atoms with E-state index in [9.17, 15) is 8.78 Å². The molecule has 1 aliphatic heterocycles. The third-order valence-electron chi connectivity index (χ3n) is 2.53. The minimum atomic E-state index is -2.54. The number of hydrogen-bond donors (Lipinski definition) is 1. The number of piperazine rings is 1. The van der Waals surface area contributed by atoms with E-state index < -0.39 is 6.55 Å². The van der Waals surface area contributed by atoms with Gasteiger partial charge >= 0.3 is 6.55 Å². The SMILES string of the molecule is FC(F)n1nccc1CN1CCNCC1. The van der Waals surface area contributed by atoms with Crippen LogP contribution in [0.1, 0.15) is 12.2 Å². The molecule has 1 N–H and O–H groups in total. The van der Waals surface area contributed by atoms with Crippen LogP contribution in [0, 0.1) is 0 Å². The van der Waals surface area contributed by atoms with Gasteiger partial charge in [-0.3, -0.25) is 4.90 Å². The number of nitrogens with one attached hydrogen (secondary N) is 1. The Morgan fingerprint density at radius 1 is 1.40 bits per heavy atom. The summed E-state index contributed by atoms with van der Waals surface area (Å²) in [5.41, 5.74) is 0.576. The van der Waals surface area contributed by atoms with E-state index in [4.69, 9.17) is 0 Å². The van der Waals surface area contributed by atoms with E-state index in [2.05, 4.69) is 15.3 Å². The van der Waals surface area contributed by atoms with Crippen molar-refractivity contribution < 1.29 is 8.78 Å². The van der Waals surface area contributed by atoms with E-state index in [1.807, 2.05) is 0 Å². The van der Waals surface area contributed by atoms with Gasteiger partial charge in [0.25, 0.3) is 0 Å². The Morgan fingerprint density at radius 2 is 2.13 bits per heavy atom. The number of rotatable bonds is 3. The highest BCUT2D eigenvalue weighted by Crippen LogP contribution is 2.13. The van der Waals surface area contributed by atoms with Crippen molar-refractivity contribution in [2.75, 3.05) is 26.2 Å². The van der Waals surface area contributed by atoms with E-state index in [1.54, 1.807) is 6.07 Å². The predicted octanol–water partition coefficient (Wildman–Crippen LogP) is 0.683. The molecule has 0 bridgehead atoms. The normalized spacial score (nSPS) is 18.6. The first-order valence-corrected chi connectivity index (χ1v) is 5.01. The molecule has 2 heterocycles. The van der Waals surface area contributed by atoms with E-state index in [1.165, 1.54) is 6.20 Å². The number of nitrogens with zero attached hydrogens (tertiary/aromatic N) is 3. The summed E-state index contributed by atoms with van der Waals surface area (Å²) >= 11 is 0. The molecule has 0 radical (unpaired) electrons. The topological polar surface area (TPSA) is 33.1 Å². The summed E-state index contributed by atoms with van der Waals surface area (Å²) in [7, 11) is 0. The lowest BCUT2D eigenvalue weighted by molar-refractivity contribution is 0.0502. The lowest BCUT2D eigenvalue weighted by Crippen LogP contribution is -2.43. The van der Waals surface area contributed by atoms with Crippen LogP contribution in [-0.4, -0.2) is 40.9 Å². The van der Waals surface area contributed by atoms with Crippen LogP contribution >= 0.6 is 0 Å². The molecule has 1 aromatic rings. The van der Waals surface area contributed by atoms with Crippen molar-refractivity contribution in [2.45, 2.75) is 13.1 Å². The maximum absolute atomic E-state index is 12.5. The summed E-state index contributed by atoms with van der Waals surface area (Å²) in [5.74, 6) is 0. The molecule has 1 saturated heterocycles. The highest BCUT2D eigenvalue weighted by Gasteiger charge is 2.15. The van der Waals surface area contributed by atoms with E-state index in [0.717, 1.165) is 30.9 Å². The van der Waals surface area contributed by atoms with Crippen LogP contribution in [0.15, 0.2) is 12.3 Å². The third-order valence-corrected chi connectivity index (χ3v) is 2.53. The molecule has 0 aromatic carbocycles. The van der Waals surface area contributed by atoms with Gasteiger partial charge in [-0.1, -0.05) is 0 Å². The molecule has 4 nitrogen and oxygen atoms in total. The number of halogens is 2. The van der Waals surface area contributed by atoms with Crippen LogP contribution in [0.2, 0.25) is 0 Å². The first-order valence-electron chi connectivity index (χ1n) is 5.01. The predicted molar refractivity (Wildman–Crippen MR) is 51.6 cm³/mol. The zero-order valence-corrected chi connectivity index (χ0v) is 8.37. The molecule has 1 aromatic heterocycles. The van der Waals surface area contributed by atoms with E-state index in [-0.39, 0.29) is 0 Å². The number of hydrogen-bond acceptors (Lipinski definition) is 3. The highest BCUT2D eigenvalue weighted by atomic mass is 19.3. The van der Waals surface area contributed by atoms with Gasteiger partial charge in [-0.25, -0.2) is 4.68 Å². The second-order valence-electron chi connectivity index (χ2n) is 3.57. The molecule has 0 spiro atoms. The van der Waals surface area contributed by atoms with E-state index in [0.29, 0.717) is 12.2 Å². The Bertz CT molecular complexity index is 307. The van der Waals surface area contributed by atoms with Crippen molar-refractivity contribution in [2.24, 2.45) is 0 Å². The minimum absolute atomic E-state index is 0.548. The van der Waals surface area contributed by atoms with Crippen molar-refractivity contribution >= 4 is 0 Å². The standard InChI is InChI=1S/C9H14F2N4/c10-9(11)15-8(1-2-13-15)7-14-5-3-12-4-6-14/h1-2,9,12H,3-7H2. The molecule has 0 atom stereocenters. The largest absolute Gasteiger partial charge is 0.333 e. The summed E-state index contributed by atoms with van der Waals surface area (Å²) in [6, 6.07) is 1.65. The molecule has 2 rings (SSSR count). The number of aromatic nitrogens is 2. The molecule has 6 heteroatoms. The van der Waals surface area contributed by atoms with Gasteiger partial charge in [0.05, 0.1) is 5.69 Å². The summed E-state index contributed by atoms with van der Waals surface area (Å²) in [6.45, 7) is 1.64. The quantitative estimate of drug-likeness (QED) is 0.806. The molecule has 84 valence electrons. The highest BCUT2D eigenvalue weighted by molar-refractivity contribution is 5.01. The van der Waals surface area contributed by atoms with Gasteiger partial charge in [0.1, 0.15) is 0 Å². The van der Waals surface area contributed by atoms with Gasteiger partial charge in [0, 0.05) is 38.9 Å². The van der Waals surface area contributed by atoms with Crippen LogP contribution in [0.5, 0.6) is 0 Å². The Labute approximate surface area is 86.9 Å². The first kappa shape index (κ1) is 10.5. The fraction of sp³-hybridized carbons (Fsp3) is 0.667. The average Bonchev–Trinajstić information content (AvgIpc) is 2.67. The Kier molecular flexibility index (Phi) is 3.27. The Hall–Kier alpha value is -1.01. The maximum Gasteiger partial charge on any atom is 0.333 e. The Balaban J connectivity index is 1.99. The zero-order valence-electron chi connectivity index (χ0n) is 8.37. The van der Waals surface area contributed by atoms with Crippen LogP contribution in [-0.2, 0) is 6.54 Å². The van der Waals surface area contributed by atoms with Crippen molar-refractivity contribution in [3.63, 3.8) is 0 Å². The van der Waals surface area contributed by atoms with Gasteiger partial charge < -0.3 is 5.32 Å². The summed E-state index contributed by atoms with van der Waals surface area (Å²) in [4.78, 5) is 2.15. The van der Waals surface area contributed by atoms with Crippen molar-refractivity contribution in [1.29, 1.82) is 0 Å². The zero-order chi connectivity index (χ0) is 10.7. The maximum atomic E-state index is 12.5. The van der Waals surface area contributed by atoms with Crippen LogP contribution in [0.4, 0.5) is 8.78 Å². The molecule has 0 saturated carbocycles. The lowest BCUT2D eigenvalue weighted by atomic mass is 10.3. The van der Waals surface area contributed by atoms with E-state index >= 15 is 0 Å². The molecular formula is C9H14F2N4. The first-order chi connectivity index (χ1) is 7.27. The molecule has 1 fully saturated rings. The molecule has 1 aliphatic rings. The van der Waals surface area contributed by atoms with Crippen LogP contribution < -0.4 is 5.32 Å². The van der Waals surface area contributed by atoms with Gasteiger partial charge in [-0.15, -0.1) is 0 Å². The van der Waals surface area contributed by atoms with Gasteiger partial charge in [0.15, 0.2) is 0 Å².